The minimum Gasteiger partial charge on any atom is -0.460 e. The molecule has 0 N–H and O–H groups in total. The summed E-state index contributed by atoms with van der Waals surface area (Å²) in [7, 11) is 0. The van der Waals surface area contributed by atoms with Gasteiger partial charge in [-0.25, -0.2) is 0 Å². The molecule has 0 aromatic heterocycles. The van der Waals surface area contributed by atoms with Crippen LogP contribution in [0, 0.1) is 5.92 Å². The van der Waals surface area contributed by atoms with E-state index in [4.69, 9.17) is 4.74 Å². The average Bonchev–Trinajstić information content (AvgIpc) is 1.95. The van der Waals surface area contributed by atoms with Gasteiger partial charge in [-0.05, 0) is 34.6 Å². The molecule has 0 aromatic carbocycles. The minimum absolute atomic E-state index is 0.165. The molecule has 0 heterocycles. The minimum atomic E-state index is -0.861. The van der Waals surface area contributed by atoms with Gasteiger partial charge in [0.2, 0.25) is 0 Å². The Labute approximate surface area is 90.0 Å². The number of hydrogen-bond donors (Lipinski definition) is 0. The molecular weight excluding hydrogens is 196 g/mol. The molecule has 0 aliphatic heterocycles. The van der Waals surface area contributed by atoms with Crippen molar-refractivity contribution in [3.05, 3.63) is 0 Å². The third-order valence-corrected chi connectivity index (χ3v) is 1.77. The van der Waals surface area contributed by atoms with Crippen LogP contribution in [-0.4, -0.2) is 23.1 Å². The van der Waals surface area contributed by atoms with Crippen LogP contribution in [0.15, 0.2) is 0 Å². The highest BCUT2D eigenvalue weighted by atomic mass is 16.6. The first-order chi connectivity index (χ1) is 6.63. The van der Waals surface area contributed by atoms with Crippen LogP contribution in [-0.2, 0) is 19.1 Å². The van der Waals surface area contributed by atoms with Crippen LogP contribution in [0.4, 0.5) is 0 Å². The predicted molar refractivity (Wildman–Crippen MR) is 55.3 cm³/mol. The first kappa shape index (κ1) is 13.8. The fraction of sp³-hybridized carbons (Fsp3) is 0.727. The van der Waals surface area contributed by atoms with Crippen molar-refractivity contribution < 1.29 is 19.1 Å². The molecule has 0 atom stereocenters. The molecular formula is C11H18O4. The van der Waals surface area contributed by atoms with Gasteiger partial charge in [0.05, 0.1) is 12.3 Å². The molecule has 4 nitrogen and oxygen atoms in total. The smallest absolute Gasteiger partial charge is 0.307 e. The highest BCUT2D eigenvalue weighted by Gasteiger charge is 2.26. The topological polar surface area (TPSA) is 60.4 Å². The van der Waals surface area contributed by atoms with Crippen LogP contribution in [0.2, 0.25) is 0 Å². The lowest BCUT2D eigenvalue weighted by Crippen LogP contribution is -2.29. The molecule has 0 radical (unpaired) electrons. The zero-order valence-corrected chi connectivity index (χ0v) is 9.92. The number of ether oxygens (including phenoxy) is 1. The van der Waals surface area contributed by atoms with Crippen molar-refractivity contribution in [2.45, 2.75) is 46.6 Å². The van der Waals surface area contributed by atoms with E-state index in [-0.39, 0.29) is 18.0 Å². The van der Waals surface area contributed by atoms with E-state index < -0.39 is 17.5 Å². The van der Waals surface area contributed by atoms with Gasteiger partial charge in [-0.15, -0.1) is 0 Å². The standard InChI is InChI=1S/C11H18O4/c1-7(12)9(8(2)13)6-10(14)15-11(3,4)5/h9H,6H2,1-5H3. The lowest BCUT2D eigenvalue weighted by Gasteiger charge is -2.20. The maximum absolute atomic E-state index is 11.4. The van der Waals surface area contributed by atoms with Crippen molar-refractivity contribution in [2.24, 2.45) is 5.92 Å². The zero-order valence-electron chi connectivity index (χ0n) is 9.92. The fourth-order valence-corrected chi connectivity index (χ4v) is 1.12. The summed E-state index contributed by atoms with van der Waals surface area (Å²) in [5, 5.41) is 0. The van der Waals surface area contributed by atoms with Crippen molar-refractivity contribution in [1.29, 1.82) is 0 Å². The first-order valence-electron chi connectivity index (χ1n) is 4.86. The average molecular weight is 214 g/mol. The van der Waals surface area contributed by atoms with Gasteiger partial charge in [0, 0.05) is 0 Å². The Balaban J connectivity index is 4.38. The van der Waals surface area contributed by atoms with E-state index in [1.165, 1.54) is 13.8 Å². The van der Waals surface area contributed by atoms with E-state index in [0.717, 1.165) is 0 Å². The molecule has 86 valence electrons. The molecule has 0 aliphatic carbocycles. The monoisotopic (exact) mass is 214 g/mol. The normalized spacial score (nSPS) is 11.3. The first-order valence-corrected chi connectivity index (χ1v) is 4.86. The highest BCUT2D eigenvalue weighted by Crippen LogP contribution is 2.13. The SMILES string of the molecule is CC(=O)C(CC(=O)OC(C)(C)C)C(C)=O. The molecule has 4 heteroatoms. The van der Waals surface area contributed by atoms with Crippen LogP contribution in [0.1, 0.15) is 41.0 Å². The quantitative estimate of drug-likeness (QED) is 0.525. The summed E-state index contributed by atoms with van der Waals surface area (Å²) in [6.07, 6.45) is -0.165. The van der Waals surface area contributed by atoms with Crippen molar-refractivity contribution in [3.8, 4) is 0 Å². The second kappa shape index (κ2) is 5.05. The van der Waals surface area contributed by atoms with Gasteiger partial charge in [-0.2, -0.15) is 0 Å². The van der Waals surface area contributed by atoms with E-state index in [0.29, 0.717) is 0 Å². The van der Waals surface area contributed by atoms with Gasteiger partial charge in [-0.1, -0.05) is 0 Å². The van der Waals surface area contributed by atoms with Gasteiger partial charge in [0.25, 0.3) is 0 Å². The van der Waals surface area contributed by atoms with Gasteiger partial charge < -0.3 is 4.74 Å². The summed E-state index contributed by atoms with van der Waals surface area (Å²) in [6, 6.07) is 0. The third kappa shape index (κ3) is 5.99. The number of carbonyl (C=O) groups is 3. The van der Waals surface area contributed by atoms with E-state index in [2.05, 4.69) is 0 Å². The second-order valence-corrected chi connectivity index (χ2v) is 4.56. The Hall–Kier alpha value is -1.19. The lowest BCUT2D eigenvalue weighted by molar-refractivity contribution is -0.158. The molecule has 0 aromatic rings. The Bertz CT molecular complexity index is 259. The summed E-state index contributed by atoms with van der Waals surface area (Å²) < 4.78 is 5.03. The highest BCUT2D eigenvalue weighted by molar-refractivity contribution is 6.02. The molecule has 0 spiro atoms. The number of rotatable bonds is 4. The van der Waals surface area contributed by atoms with Crippen LogP contribution in [0.5, 0.6) is 0 Å². The van der Waals surface area contributed by atoms with Crippen LogP contribution in [0.25, 0.3) is 0 Å². The molecule has 0 aliphatic rings. The van der Waals surface area contributed by atoms with Gasteiger partial charge in [0.15, 0.2) is 0 Å². The Morgan fingerprint density at radius 3 is 1.73 bits per heavy atom. The molecule has 0 rings (SSSR count). The largest absolute Gasteiger partial charge is 0.460 e. The number of carbonyl (C=O) groups excluding carboxylic acids is 3. The maximum atomic E-state index is 11.4. The van der Waals surface area contributed by atoms with Gasteiger partial charge >= 0.3 is 5.97 Å². The molecule has 0 saturated carbocycles. The Morgan fingerprint density at radius 1 is 1.07 bits per heavy atom. The van der Waals surface area contributed by atoms with E-state index in [9.17, 15) is 14.4 Å². The molecule has 0 unspecified atom stereocenters. The summed E-state index contributed by atoms with van der Waals surface area (Å²) >= 11 is 0. The van der Waals surface area contributed by atoms with Crippen molar-refractivity contribution in [3.63, 3.8) is 0 Å². The zero-order chi connectivity index (χ0) is 12.2. The maximum Gasteiger partial charge on any atom is 0.307 e. The molecule has 0 amide bonds. The van der Waals surface area contributed by atoms with Gasteiger partial charge in [-0.3, -0.25) is 14.4 Å². The van der Waals surface area contributed by atoms with Crippen molar-refractivity contribution >= 4 is 17.5 Å². The Kier molecular flexibility index (Phi) is 4.65. The molecule has 0 fully saturated rings. The lowest BCUT2D eigenvalue weighted by atomic mass is 9.97. The van der Waals surface area contributed by atoms with Crippen molar-refractivity contribution in [1.82, 2.24) is 0 Å². The third-order valence-electron chi connectivity index (χ3n) is 1.77. The molecule has 0 saturated heterocycles. The number of ketones is 2. The second-order valence-electron chi connectivity index (χ2n) is 4.56. The van der Waals surface area contributed by atoms with E-state index in [1.54, 1.807) is 20.8 Å². The fourth-order valence-electron chi connectivity index (χ4n) is 1.12. The van der Waals surface area contributed by atoms with Crippen LogP contribution < -0.4 is 0 Å². The van der Waals surface area contributed by atoms with Crippen LogP contribution in [0.3, 0.4) is 0 Å². The van der Waals surface area contributed by atoms with Crippen molar-refractivity contribution in [2.75, 3.05) is 0 Å². The molecule has 0 bridgehead atoms. The summed E-state index contributed by atoms with van der Waals surface area (Å²) in [5.74, 6) is -1.97. The van der Waals surface area contributed by atoms with E-state index in [1.807, 2.05) is 0 Å². The summed E-state index contributed by atoms with van der Waals surface area (Å²) in [6.45, 7) is 7.82. The summed E-state index contributed by atoms with van der Waals surface area (Å²) in [5.41, 5.74) is -0.588. The molecule has 15 heavy (non-hydrogen) atoms. The number of Topliss-reactive ketones (excluding diaryl/α,β-unsaturated/α-hetero) is 2. The predicted octanol–water partition coefficient (Wildman–Crippen LogP) is 1.51. The summed E-state index contributed by atoms with van der Waals surface area (Å²) in [4.78, 5) is 33.5. The van der Waals surface area contributed by atoms with E-state index >= 15 is 0 Å². The number of hydrogen-bond acceptors (Lipinski definition) is 4. The number of esters is 1. The van der Waals surface area contributed by atoms with Crippen LogP contribution >= 0.6 is 0 Å². The van der Waals surface area contributed by atoms with Gasteiger partial charge in [0.1, 0.15) is 17.2 Å². The Morgan fingerprint density at radius 2 is 1.47 bits per heavy atom.